The molecular weight excluding hydrogens is 422 g/mol. The van der Waals surface area contributed by atoms with Gasteiger partial charge in [-0.2, -0.15) is 4.31 Å². The van der Waals surface area contributed by atoms with Gasteiger partial charge in [0, 0.05) is 38.6 Å². The van der Waals surface area contributed by atoms with Gasteiger partial charge in [-0.25, -0.2) is 8.42 Å². The average Bonchev–Trinajstić information content (AvgIpc) is 3.46. The van der Waals surface area contributed by atoms with Gasteiger partial charge >= 0.3 is 0 Å². The number of thiophene rings is 1. The van der Waals surface area contributed by atoms with E-state index in [2.05, 4.69) is 0 Å². The number of hydrogen-bond donors (Lipinski definition) is 0. The molecule has 0 saturated carbocycles. The van der Waals surface area contributed by atoms with E-state index in [9.17, 15) is 13.2 Å². The van der Waals surface area contributed by atoms with Gasteiger partial charge in [-0.1, -0.05) is 0 Å². The summed E-state index contributed by atoms with van der Waals surface area (Å²) in [4.78, 5) is 15.7. The van der Waals surface area contributed by atoms with Crippen LogP contribution >= 0.6 is 11.3 Å². The third kappa shape index (κ3) is 4.00. The monoisotopic (exact) mass is 445 g/mol. The zero-order valence-corrected chi connectivity index (χ0v) is 18.2. The van der Waals surface area contributed by atoms with Crippen LogP contribution in [0.4, 0.5) is 0 Å². The van der Waals surface area contributed by atoms with Crippen molar-refractivity contribution < 1.29 is 17.9 Å². The third-order valence-corrected chi connectivity index (χ3v) is 7.82. The Balaban J connectivity index is 1.44. The maximum Gasteiger partial charge on any atom is 0.266 e. The van der Waals surface area contributed by atoms with Crippen molar-refractivity contribution in [2.45, 2.75) is 11.8 Å². The number of carbonyl (C=O) groups excluding carboxylic acids is 1. The molecule has 2 aromatic heterocycles. The fraction of sp³-hybridized carbons (Fsp3) is 0.286. The van der Waals surface area contributed by atoms with Crippen LogP contribution in [0.15, 0.2) is 65.1 Å². The second kappa shape index (κ2) is 8.63. The summed E-state index contributed by atoms with van der Waals surface area (Å²) < 4.78 is 34.6. The van der Waals surface area contributed by atoms with Crippen molar-refractivity contribution in [3.05, 3.63) is 65.1 Å². The Labute approximate surface area is 180 Å². The van der Waals surface area contributed by atoms with Crippen LogP contribution in [0.1, 0.15) is 16.6 Å². The van der Waals surface area contributed by atoms with Crippen LogP contribution in [0.5, 0.6) is 5.75 Å². The SMILES string of the molecule is CCOc1ccc(S(=O)(=O)N2CCN(C(=O)c3sccc3-n3cccc3)CC2)cc1. The Bertz CT molecular complexity index is 1100. The predicted octanol–water partition coefficient (Wildman–Crippen LogP) is 3.08. The van der Waals surface area contributed by atoms with E-state index < -0.39 is 10.0 Å². The van der Waals surface area contributed by atoms with Gasteiger partial charge in [0.2, 0.25) is 10.0 Å². The van der Waals surface area contributed by atoms with Gasteiger partial charge < -0.3 is 14.2 Å². The van der Waals surface area contributed by atoms with E-state index >= 15 is 0 Å². The lowest BCUT2D eigenvalue weighted by atomic mass is 10.3. The number of aromatic nitrogens is 1. The predicted molar refractivity (Wildman–Crippen MR) is 116 cm³/mol. The molecule has 0 N–H and O–H groups in total. The van der Waals surface area contributed by atoms with Gasteiger partial charge in [-0.15, -0.1) is 11.3 Å². The summed E-state index contributed by atoms with van der Waals surface area (Å²) >= 11 is 1.40. The minimum absolute atomic E-state index is 0.0631. The van der Waals surface area contributed by atoms with Crippen molar-refractivity contribution in [2.75, 3.05) is 32.8 Å². The lowest BCUT2D eigenvalue weighted by molar-refractivity contribution is 0.0703. The molecule has 1 fully saturated rings. The standard InChI is InChI=1S/C21H23N3O4S2/c1-2-28-17-5-7-18(8-6-17)30(26,27)24-14-12-23(13-15-24)21(25)20-19(9-16-29-20)22-10-3-4-11-22/h3-11,16H,2,12-15H2,1H3. The molecule has 7 nitrogen and oxygen atoms in total. The largest absolute Gasteiger partial charge is 0.494 e. The number of amides is 1. The number of nitrogens with zero attached hydrogens (tertiary/aromatic N) is 3. The minimum atomic E-state index is -3.60. The quantitative estimate of drug-likeness (QED) is 0.585. The van der Waals surface area contributed by atoms with E-state index in [0.717, 1.165) is 5.69 Å². The number of benzene rings is 1. The molecule has 3 heterocycles. The summed E-state index contributed by atoms with van der Waals surface area (Å²) in [6.45, 7) is 3.66. The Morgan fingerprint density at radius 1 is 1.03 bits per heavy atom. The summed E-state index contributed by atoms with van der Waals surface area (Å²) in [5.41, 5.74) is 0.847. The molecule has 4 rings (SSSR count). The molecule has 3 aromatic rings. The van der Waals surface area contributed by atoms with E-state index in [1.54, 1.807) is 29.2 Å². The lowest BCUT2D eigenvalue weighted by Gasteiger charge is -2.34. The van der Waals surface area contributed by atoms with Crippen LogP contribution in [0.2, 0.25) is 0 Å². The second-order valence-corrected chi connectivity index (χ2v) is 9.68. The Morgan fingerprint density at radius 2 is 1.70 bits per heavy atom. The highest BCUT2D eigenvalue weighted by Crippen LogP contribution is 2.25. The molecule has 0 radical (unpaired) electrons. The Hall–Kier alpha value is -2.62. The molecule has 30 heavy (non-hydrogen) atoms. The molecule has 0 spiro atoms. The second-order valence-electron chi connectivity index (χ2n) is 6.83. The number of rotatable bonds is 6. The van der Waals surface area contributed by atoms with Crippen molar-refractivity contribution in [3.63, 3.8) is 0 Å². The molecule has 1 aromatic carbocycles. The van der Waals surface area contributed by atoms with Gasteiger partial charge in [-0.3, -0.25) is 4.79 Å². The van der Waals surface area contributed by atoms with Crippen molar-refractivity contribution in [2.24, 2.45) is 0 Å². The number of sulfonamides is 1. The molecular formula is C21H23N3O4S2. The molecule has 1 saturated heterocycles. The number of carbonyl (C=O) groups is 1. The van der Waals surface area contributed by atoms with Crippen LogP contribution in [0, 0.1) is 0 Å². The van der Waals surface area contributed by atoms with E-state index in [1.165, 1.54) is 15.6 Å². The van der Waals surface area contributed by atoms with Crippen LogP contribution in [-0.4, -0.2) is 60.9 Å². The first kappa shape index (κ1) is 20.6. The molecule has 0 aliphatic carbocycles. The summed E-state index contributed by atoms with van der Waals surface area (Å²) in [6, 6.07) is 12.2. The van der Waals surface area contributed by atoms with Crippen LogP contribution in [-0.2, 0) is 10.0 Å². The Morgan fingerprint density at radius 3 is 2.33 bits per heavy atom. The van der Waals surface area contributed by atoms with Crippen molar-refractivity contribution in [1.29, 1.82) is 0 Å². The first-order chi connectivity index (χ1) is 14.5. The average molecular weight is 446 g/mol. The summed E-state index contributed by atoms with van der Waals surface area (Å²) in [5.74, 6) is 0.577. The maximum absolute atomic E-state index is 13.0. The van der Waals surface area contributed by atoms with Crippen LogP contribution in [0.25, 0.3) is 5.69 Å². The smallest absolute Gasteiger partial charge is 0.266 e. The molecule has 0 unspecified atom stereocenters. The molecule has 0 atom stereocenters. The molecule has 1 amide bonds. The van der Waals surface area contributed by atoms with Gasteiger partial charge in [0.1, 0.15) is 10.6 Å². The zero-order valence-electron chi connectivity index (χ0n) is 16.6. The van der Waals surface area contributed by atoms with Crippen LogP contribution < -0.4 is 4.74 Å². The van der Waals surface area contributed by atoms with E-state index in [-0.39, 0.29) is 23.9 Å². The van der Waals surface area contributed by atoms with Crippen molar-refractivity contribution in [1.82, 2.24) is 13.8 Å². The number of ether oxygens (including phenoxy) is 1. The fourth-order valence-corrected chi connectivity index (χ4v) is 5.74. The normalized spacial score (nSPS) is 15.3. The van der Waals surface area contributed by atoms with Crippen molar-refractivity contribution >= 4 is 27.3 Å². The molecule has 1 aliphatic rings. The fourth-order valence-electron chi connectivity index (χ4n) is 3.46. The summed E-state index contributed by atoms with van der Waals surface area (Å²) in [6.07, 6.45) is 3.81. The third-order valence-electron chi connectivity index (χ3n) is 5.02. The van der Waals surface area contributed by atoms with E-state index in [0.29, 0.717) is 30.3 Å². The molecule has 158 valence electrons. The van der Waals surface area contributed by atoms with Gasteiger partial charge in [0.15, 0.2) is 0 Å². The number of piperazine rings is 1. The first-order valence-corrected chi connectivity index (χ1v) is 12.1. The Kier molecular flexibility index (Phi) is 5.94. The highest BCUT2D eigenvalue weighted by molar-refractivity contribution is 7.89. The summed E-state index contributed by atoms with van der Waals surface area (Å²) in [5, 5.41) is 1.90. The van der Waals surface area contributed by atoms with Crippen molar-refractivity contribution in [3.8, 4) is 11.4 Å². The van der Waals surface area contributed by atoms with Gasteiger partial charge in [-0.05, 0) is 54.8 Å². The highest BCUT2D eigenvalue weighted by Gasteiger charge is 2.31. The van der Waals surface area contributed by atoms with E-state index in [1.807, 2.05) is 47.5 Å². The zero-order chi connectivity index (χ0) is 21.1. The highest BCUT2D eigenvalue weighted by atomic mass is 32.2. The molecule has 1 aliphatic heterocycles. The molecule has 0 bridgehead atoms. The van der Waals surface area contributed by atoms with Gasteiger partial charge in [0.05, 0.1) is 17.2 Å². The molecule has 9 heteroatoms. The first-order valence-electron chi connectivity index (χ1n) is 9.74. The minimum Gasteiger partial charge on any atom is -0.494 e. The van der Waals surface area contributed by atoms with E-state index in [4.69, 9.17) is 4.74 Å². The maximum atomic E-state index is 13.0. The number of hydrogen-bond acceptors (Lipinski definition) is 5. The van der Waals surface area contributed by atoms with Gasteiger partial charge in [0.25, 0.3) is 5.91 Å². The lowest BCUT2D eigenvalue weighted by Crippen LogP contribution is -2.50. The summed E-state index contributed by atoms with van der Waals surface area (Å²) in [7, 11) is -3.60. The topological polar surface area (TPSA) is 71.9 Å². The van der Waals surface area contributed by atoms with Crippen LogP contribution in [0.3, 0.4) is 0 Å².